The summed E-state index contributed by atoms with van der Waals surface area (Å²) in [5.74, 6) is -80.6. The molecule has 0 spiro atoms. The molecule has 0 bridgehead atoms. The molecule has 0 aromatic heterocycles. The van der Waals surface area contributed by atoms with Gasteiger partial charge in [-0.25, -0.2) is 4.39 Å². The fourth-order valence-electron chi connectivity index (χ4n) is 2.74. The molecule has 0 saturated carbocycles. The van der Waals surface area contributed by atoms with E-state index < -0.39 is 90.8 Å². The van der Waals surface area contributed by atoms with Gasteiger partial charge in [-0.1, -0.05) is 0 Å². The van der Waals surface area contributed by atoms with Crippen molar-refractivity contribution in [2.24, 2.45) is 0 Å². The Labute approximate surface area is 213 Å². The van der Waals surface area contributed by atoms with Crippen LogP contribution in [0.2, 0.25) is 0 Å². The number of methoxy groups -OCH3 is 1. The molecular formula is C16H9F25O. The third-order valence-corrected chi connectivity index (χ3v) is 5.27. The Balaban J connectivity index is 7.33. The number of alkyl halides is 25. The van der Waals surface area contributed by atoms with Crippen LogP contribution in [0, 0.1) is 0 Å². The quantitative estimate of drug-likeness (QED) is 0.138. The summed E-state index contributed by atoms with van der Waals surface area (Å²) in [7, 11) is 0.609. The Hall–Kier alpha value is -1.79. The first kappa shape index (κ1) is 40.2. The van der Waals surface area contributed by atoms with Crippen molar-refractivity contribution >= 4 is 0 Å². The van der Waals surface area contributed by atoms with Crippen molar-refractivity contribution in [1.29, 1.82) is 0 Å². The van der Waals surface area contributed by atoms with Gasteiger partial charge in [-0.2, -0.15) is 105 Å². The fraction of sp³-hybridized carbons (Fsp3) is 1.00. The highest BCUT2D eigenvalue weighted by Crippen LogP contribution is 2.68. The summed E-state index contributed by atoms with van der Waals surface area (Å²) in [4.78, 5) is 0. The molecule has 0 heterocycles. The van der Waals surface area contributed by atoms with Crippen molar-refractivity contribution in [3.63, 3.8) is 0 Å². The molecule has 0 aliphatic carbocycles. The Kier molecular flexibility index (Phi) is 9.95. The lowest BCUT2D eigenvalue weighted by molar-refractivity contribution is -0.484. The van der Waals surface area contributed by atoms with E-state index in [0.717, 1.165) is 0 Å². The maximum atomic E-state index is 13.7. The van der Waals surface area contributed by atoms with E-state index in [1.807, 2.05) is 0 Å². The minimum absolute atomic E-state index is 0.609. The van der Waals surface area contributed by atoms with Crippen molar-refractivity contribution in [3.05, 3.63) is 0 Å². The summed E-state index contributed by atoms with van der Waals surface area (Å²) >= 11 is 0. The molecule has 0 aliphatic heterocycles. The monoisotopic (exact) mass is 692 g/mol. The molecule has 0 amide bonds. The molecule has 0 unspecified atom stereocenters. The summed E-state index contributed by atoms with van der Waals surface area (Å²) in [6.45, 7) is -1.12. The lowest BCUT2D eigenvalue weighted by Gasteiger charge is -2.46. The smallest absolute Gasteiger partial charge is 0.385 e. The molecule has 0 aromatic rings. The van der Waals surface area contributed by atoms with Gasteiger partial charge in [0.1, 0.15) is 0 Å². The van der Waals surface area contributed by atoms with Crippen molar-refractivity contribution in [2.45, 2.75) is 84.2 Å². The molecule has 0 N–H and O–H groups in total. The zero-order valence-electron chi connectivity index (χ0n) is 19.0. The zero-order valence-corrected chi connectivity index (χ0v) is 19.0. The van der Waals surface area contributed by atoms with E-state index in [0.29, 0.717) is 7.11 Å². The van der Waals surface area contributed by atoms with Crippen LogP contribution < -0.4 is 0 Å². The average Bonchev–Trinajstić information content (AvgIpc) is 2.75. The summed E-state index contributed by atoms with van der Waals surface area (Å²) in [6.07, 6.45) is -21.5. The van der Waals surface area contributed by atoms with E-state index in [4.69, 9.17) is 0 Å². The molecule has 0 aromatic carbocycles. The molecule has 0 atom stereocenters. The number of hydrogen-bond donors (Lipinski definition) is 0. The van der Waals surface area contributed by atoms with Crippen molar-refractivity contribution in [2.75, 3.05) is 13.7 Å². The highest BCUT2D eigenvalue weighted by Gasteiger charge is 3.00. The first-order chi connectivity index (χ1) is 17.8. The van der Waals surface area contributed by atoms with Crippen LogP contribution in [0.1, 0.15) is 12.8 Å². The van der Waals surface area contributed by atoms with Crippen LogP contribution in [0.15, 0.2) is 0 Å². The SMILES string of the molecule is COCCCC(F)(F)C(F)(F)C(F)(F)C(F)(F)C(F)(F)C(F)(F)C(F)(F)C(F)(F)C(F)(F)C(F)(C(F)(F)F)C(F)(F)F. The lowest BCUT2D eigenvalue weighted by atomic mass is 9.82. The second kappa shape index (κ2) is 10.4. The predicted molar refractivity (Wildman–Crippen MR) is 81.6 cm³/mol. The first-order valence-corrected chi connectivity index (χ1v) is 9.53. The van der Waals surface area contributed by atoms with Crippen LogP contribution in [0.25, 0.3) is 0 Å². The number of rotatable bonds is 13. The summed E-state index contributed by atoms with van der Waals surface area (Å²) < 4.78 is 337. The van der Waals surface area contributed by atoms with Gasteiger partial charge < -0.3 is 4.74 Å². The first-order valence-electron chi connectivity index (χ1n) is 9.53. The molecule has 0 saturated heterocycles. The van der Waals surface area contributed by atoms with Gasteiger partial charge in [-0.15, -0.1) is 0 Å². The zero-order chi connectivity index (χ0) is 34.8. The van der Waals surface area contributed by atoms with Gasteiger partial charge in [0.05, 0.1) is 0 Å². The van der Waals surface area contributed by atoms with Crippen molar-refractivity contribution in [1.82, 2.24) is 0 Å². The molecule has 26 heteroatoms. The summed E-state index contributed by atoms with van der Waals surface area (Å²) in [5, 5.41) is 0. The van der Waals surface area contributed by atoms with Crippen LogP contribution in [0.5, 0.6) is 0 Å². The Morgan fingerprint density at radius 2 is 0.595 bits per heavy atom. The van der Waals surface area contributed by atoms with Crippen LogP contribution in [0.4, 0.5) is 110 Å². The van der Waals surface area contributed by atoms with E-state index in [2.05, 4.69) is 4.74 Å². The van der Waals surface area contributed by atoms with E-state index >= 15 is 0 Å². The van der Waals surface area contributed by atoms with Crippen LogP contribution >= 0.6 is 0 Å². The molecule has 42 heavy (non-hydrogen) atoms. The van der Waals surface area contributed by atoms with Gasteiger partial charge in [-0.3, -0.25) is 0 Å². The number of hydrogen-bond acceptors (Lipinski definition) is 1. The Morgan fingerprint density at radius 1 is 0.357 bits per heavy atom. The van der Waals surface area contributed by atoms with Crippen LogP contribution in [-0.2, 0) is 4.74 Å². The minimum atomic E-state index is -9.64. The van der Waals surface area contributed by atoms with E-state index in [-0.39, 0.29) is 0 Å². The molecule has 0 radical (unpaired) electrons. The van der Waals surface area contributed by atoms with Gasteiger partial charge in [0.15, 0.2) is 0 Å². The Morgan fingerprint density at radius 3 is 0.833 bits per heavy atom. The van der Waals surface area contributed by atoms with Crippen molar-refractivity contribution in [3.8, 4) is 0 Å². The molecule has 0 fully saturated rings. The summed E-state index contributed by atoms with van der Waals surface area (Å²) in [6, 6.07) is 0. The van der Waals surface area contributed by atoms with Crippen molar-refractivity contribution < 1.29 is 114 Å². The lowest BCUT2D eigenvalue weighted by Crippen LogP contribution is -2.79. The van der Waals surface area contributed by atoms with E-state index in [1.165, 1.54) is 0 Å². The van der Waals surface area contributed by atoms with E-state index in [9.17, 15) is 110 Å². The predicted octanol–water partition coefficient (Wildman–Crippen LogP) is 8.96. The minimum Gasteiger partial charge on any atom is -0.385 e. The molecule has 1 nitrogen and oxygen atoms in total. The van der Waals surface area contributed by atoms with Gasteiger partial charge in [0.2, 0.25) is 0 Å². The molecule has 0 rings (SSSR count). The molecule has 0 aliphatic rings. The van der Waals surface area contributed by atoms with Gasteiger partial charge in [0.25, 0.3) is 0 Å². The normalized spacial score (nSPS) is 16.7. The van der Waals surface area contributed by atoms with Crippen LogP contribution in [0.3, 0.4) is 0 Å². The largest absolute Gasteiger partial charge is 0.438 e. The number of ether oxygens (including phenoxy) is 1. The standard InChI is InChI=1S/C16H9F25O/c1-42-4-2-3-5(17,18)7(20,21)9(24,25)11(28,29)13(32,33)14(34,35)12(30,31)10(26,27)8(22,23)6(19,15(36,37)38)16(39,40)41/h2-4H2,1H3. The third-order valence-electron chi connectivity index (χ3n) is 5.27. The summed E-state index contributed by atoms with van der Waals surface area (Å²) in [5.41, 5.74) is -9.12. The third kappa shape index (κ3) is 4.97. The molecular weight excluding hydrogens is 683 g/mol. The number of halogens is 25. The van der Waals surface area contributed by atoms with E-state index in [1.54, 1.807) is 0 Å². The Bertz CT molecular complexity index is 925. The second-order valence-electron chi connectivity index (χ2n) is 8.05. The topological polar surface area (TPSA) is 9.23 Å². The average molecular weight is 692 g/mol. The van der Waals surface area contributed by atoms with Gasteiger partial charge in [-0.05, 0) is 6.42 Å². The second-order valence-corrected chi connectivity index (χ2v) is 8.05. The maximum Gasteiger partial charge on any atom is 0.438 e. The maximum absolute atomic E-state index is 13.7. The highest BCUT2D eigenvalue weighted by atomic mass is 19.4. The fourth-order valence-corrected chi connectivity index (χ4v) is 2.74. The molecule has 254 valence electrons. The van der Waals surface area contributed by atoms with Gasteiger partial charge >= 0.3 is 71.3 Å². The van der Waals surface area contributed by atoms with Crippen LogP contribution in [-0.4, -0.2) is 85.0 Å². The highest BCUT2D eigenvalue weighted by molar-refractivity contribution is 5.21. The van der Waals surface area contributed by atoms with Gasteiger partial charge in [0, 0.05) is 20.1 Å².